The van der Waals surface area contributed by atoms with E-state index in [1.54, 1.807) is 28.0 Å². The summed E-state index contributed by atoms with van der Waals surface area (Å²) in [6.07, 6.45) is 1.66. The molecule has 0 saturated carbocycles. The van der Waals surface area contributed by atoms with Gasteiger partial charge in [-0.05, 0) is 29.8 Å². The number of rotatable bonds is 7. The molecule has 25 heavy (non-hydrogen) atoms. The van der Waals surface area contributed by atoms with E-state index >= 15 is 0 Å². The minimum Gasteiger partial charge on any atom is -0.348 e. The number of fused-ring (bicyclic) bond motifs is 1. The molecule has 130 valence electrons. The summed E-state index contributed by atoms with van der Waals surface area (Å²) in [5.41, 5.74) is -0.0963. The Bertz CT molecular complexity index is 944. The Morgan fingerprint density at radius 3 is 3.00 bits per heavy atom. The minimum atomic E-state index is -0.0963. The highest BCUT2D eigenvalue weighted by Crippen LogP contribution is 2.22. The van der Waals surface area contributed by atoms with Crippen LogP contribution < -0.4 is 10.9 Å². The number of carbonyl (C=O) groups is 1. The van der Waals surface area contributed by atoms with E-state index in [9.17, 15) is 9.59 Å². The average molecular weight is 392 g/mol. The number of thioether (sulfide) groups is 1. The van der Waals surface area contributed by atoms with Crippen molar-refractivity contribution in [2.24, 2.45) is 0 Å². The lowest BCUT2D eigenvalue weighted by Crippen LogP contribution is -2.28. The van der Waals surface area contributed by atoms with Gasteiger partial charge in [0.2, 0.25) is 5.91 Å². The molecule has 0 aromatic carbocycles. The highest BCUT2D eigenvalue weighted by atomic mass is 32.2. The number of nitrogens with zero attached hydrogens (tertiary/aromatic N) is 2. The summed E-state index contributed by atoms with van der Waals surface area (Å²) in [5, 5.41) is 7.95. The highest BCUT2D eigenvalue weighted by molar-refractivity contribution is 7.99. The number of aromatic nitrogens is 2. The molecule has 8 heteroatoms. The molecule has 0 bridgehead atoms. The molecule has 0 aliphatic heterocycles. The van der Waals surface area contributed by atoms with Gasteiger partial charge in [0, 0.05) is 11.4 Å². The van der Waals surface area contributed by atoms with Crippen LogP contribution in [0.2, 0.25) is 0 Å². The summed E-state index contributed by atoms with van der Waals surface area (Å²) in [5.74, 6) is 0.118. The molecule has 1 N–H and O–H groups in total. The number of hydrogen-bond acceptors (Lipinski definition) is 6. The van der Waals surface area contributed by atoms with Crippen molar-refractivity contribution < 1.29 is 4.79 Å². The van der Waals surface area contributed by atoms with Crippen LogP contribution >= 0.6 is 34.4 Å². The van der Waals surface area contributed by atoms with Crippen molar-refractivity contribution in [1.29, 1.82) is 0 Å². The van der Waals surface area contributed by atoms with Crippen molar-refractivity contribution in [3.63, 3.8) is 0 Å². The SMILES string of the molecule is C=CCn1c(SCC(=O)NC(C)c2cccs2)nc2sccc2c1=O. The standard InChI is InChI=1S/C17H17N3O2S3/c1-3-7-20-16(22)12-6-9-24-15(12)19-17(20)25-10-14(21)18-11(2)13-5-4-8-23-13/h3-6,8-9,11H,1,7,10H2,2H3,(H,18,21). The van der Waals surface area contributed by atoms with E-state index in [-0.39, 0.29) is 23.3 Å². The van der Waals surface area contributed by atoms with E-state index < -0.39 is 0 Å². The summed E-state index contributed by atoms with van der Waals surface area (Å²) >= 11 is 4.30. The lowest BCUT2D eigenvalue weighted by molar-refractivity contribution is -0.119. The molecule has 0 radical (unpaired) electrons. The second-order valence-electron chi connectivity index (χ2n) is 5.33. The Balaban J connectivity index is 1.73. The Hall–Kier alpha value is -1.90. The predicted molar refractivity (Wildman–Crippen MR) is 106 cm³/mol. The molecule has 0 spiro atoms. The zero-order valence-corrected chi connectivity index (χ0v) is 16.0. The van der Waals surface area contributed by atoms with E-state index in [2.05, 4.69) is 16.9 Å². The molecular formula is C17H17N3O2S3. The van der Waals surface area contributed by atoms with Crippen LogP contribution in [-0.2, 0) is 11.3 Å². The third-order valence-corrected chi connectivity index (χ3v) is 6.38. The lowest BCUT2D eigenvalue weighted by Gasteiger charge is -2.13. The molecule has 3 aromatic heterocycles. The van der Waals surface area contributed by atoms with Gasteiger partial charge in [-0.15, -0.1) is 29.3 Å². The second kappa shape index (κ2) is 7.99. The molecule has 1 atom stereocenters. The molecule has 3 aromatic rings. The first-order valence-corrected chi connectivity index (χ1v) is 10.4. The molecule has 3 heterocycles. The summed E-state index contributed by atoms with van der Waals surface area (Å²) in [7, 11) is 0. The van der Waals surface area contributed by atoms with Crippen LogP contribution in [0.3, 0.4) is 0 Å². The number of amides is 1. The third-order valence-electron chi connectivity index (χ3n) is 3.54. The van der Waals surface area contributed by atoms with Gasteiger partial charge in [0.25, 0.3) is 5.56 Å². The molecular weight excluding hydrogens is 374 g/mol. The van der Waals surface area contributed by atoms with Crippen LogP contribution in [0.15, 0.2) is 51.6 Å². The van der Waals surface area contributed by atoms with Crippen molar-refractivity contribution in [2.75, 3.05) is 5.75 Å². The summed E-state index contributed by atoms with van der Waals surface area (Å²) in [4.78, 5) is 31.1. The number of hydrogen-bond donors (Lipinski definition) is 1. The second-order valence-corrected chi connectivity index (χ2v) is 8.15. The smallest absolute Gasteiger partial charge is 0.263 e. The zero-order chi connectivity index (χ0) is 17.8. The van der Waals surface area contributed by atoms with E-state index in [1.165, 1.54) is 23.1 Å². The fraction of sp³-hybridized carbons (Fsp3) is 0.235. The Labute approximate surface area is 157 Å². The van der Waals surface area contributed by atoms with Crippen LogP contribution in [0.25, 0.3) is 10.2 Å². The van der Waals surface area contributed by atoms with E-state index in [0.717, 1.165) is 4.88 Å². The Morgan fingerprint density at radius 2 is 2.28 bits per heavy atom. The van der Waals surface area contributed by atoms with Gasteiger partial charge < -0.3 is 5.32 Å². The normalized spacial score (nSPS) is 12.2. The first kappa shape index (κ1) is 17.9. The van der Waals surface area contributed by atoms with Gasteiger partial charge in [-0.1, -0.05) is 23.9 Å². The van der Waals surface area contributed by atoms with Gasteiger partial charge >= 0.3 is 0 Å². The number of carbonyl (C=O) groups excluding carboxylic acids is 1. The maximum atomic E-state index is 12.5. The highest BCUT2D eigenvalue weighted by Gasteiger charge is 2.15. The van der Waals surface area contributed by atoms with E-state index in [4.69, 9.17) is 0 Å². The molecule has 0 aliphatic rings. The van der Waals surface area contributed by atoms with E-state index in [1.807, 2.05) is 29.8 Å². The molecule has 1 unspecified atom stereocenters. The number of allylic oxidation sites excluding steroid dienone is 1. The topological polar surface area (TPSA) is 64.0 Å². The monoisotopic (exact) mass is 391 g/mol. The molecule has 0 aliphatic carbocycles. The Morgan fingerprint density at radius 1 is 1.44 bits per heavy atom. The number of nitrogens with one attached hydrogen (secondary N) is 1. The van der Waals surface area contributed by atoms with Gasteiger partial charge in [0.15, 0.2) is 5.16 Å². The molecule has 0 saturated heterocycles. The zero-order valence-electron chi connectivity index (χ0n) is 13.6. The number of thiophene rings is 2. The fourth-order valence-electron chi connectivity index (χ4n) is 2.35. The maximum Gasteiger partial charge on any atom is 0.263 e. The molecule has 5 nitrogen and oxygen atoms in total. The van der Waals surface area contributed by atoms with Gasteiger partial charge in [0.1, 0.15) is 4.83 Å². The van der Waals surface area contributed by atoms with Crippen LogP contribution in [0.1, 0.15) is 17.8 Å². The summed E-state index contributed by atoms with van der Waals surface area (Å²) in [6.45, 7) is 6.02. The van der Waals surface area contributed by atoms with Crippen molar-refractivity contribution >= 4 is 50.6 Å². The van der Waals surface area contributed by atoms with Crippen LogP contribution in [0.5, 0.6) is 0 Å². The van der Waals surface area contributed by atoms with Crippen molar-refractivity contribution in [3.05, 3.63) is 56.8 Å². The van der Waals surface area contributed by atoms with Crippen molar-refractivity contribution in [1.82, 2.24) is 14.9 Å². The first-order valence-electron chi connectivity index (χ1n) is 7.64. The first-order chi connectivity index (χ1) is 12.1. The van der Waals surface area contributed by atoms with Gasteiger partial charge in [-0.2, -0.15) is 0 Å². The van der Waals surface area contributed by atoms with Crippen molar-refractivity contribution in [3.8, 4) is 0 Å². The fourth-order valence-corrected chi connectivity index (χ4v) is 4.71. The lowest BCUT2D eigenvalue weighted by atomic mass is 10.3. The van der Waals surface area contributed by atoms with Crippen LogP contribution in [0.4, 0.5) is 0 Å². The minimum absolute atomic E-state index is 0.0313. The largest absolute Gasteiger partial charge is 0.348 e. The third kappa shape index (κ3) is 4.02. The molecule has 3 rings (SSSR count). The van der Waals surface area contributed by atoms with Crippen molar-refractivity contribution in [2.45, 2.75) is 24.7 Å². The van der Waals surface area contributed by atoms with Crippen LogP contribution in [-0.4, -0.2) is 21.2 Å². The molecule has 0 fully saturated rings. The van der Waals surface area contributed by atoms with Gasteiger partial charge in [-0.3, -0.25) is 14.2 Å². The quantitative estimate of drug-likeness (QED) is 0.379. The predicted octanol–water partition coefficient (Wildman–Crippen LogP) is 3.68. The average Bonchev–Trinajstić information content (AvgIpc) is 3.27. The maximum absolute atomic E-state index is 12.5. The van der Waals surface area contributed by atoms with Crippen LogP contribution in [0, 0.1) is 0 Å². The molecule has 1 amide bonds. The Kier molecular flexibility index (Phi) is 5.72. The van der Waals surface area contributed by atoms with E-state index in [0.29, 0.717) is 21.9 Å². The van der Waals surface area contributed by atoms with Gasteiger partial charge in [0.05, 0.1) is 17.2 Å². The summed E-state index contributed by atoms with van der Waals surface area (Å²) in [6, 6.07) is 5.71. The summed E-state index contributed by atoms with van der Waals surface area (Å²) < 4.78 is 1.56. The van der Waals surface area contributed by atoms with Gasteiger partial charge in [-0.25, -0.2) is 4.98 Å².